The van der Waals surface area contributed by atoms with Crippen LogP contribution in [-0.4, -0.2) is 0 Å². The summed E-state index contributed by atoms with van der Waals surface area (Å²) >= 11 is 0. The van der Waals surface area contributed by atoms with Gasteiger partial charge in [-0.3, -0.25) is 0 Å². The van der Waals surface area contributed by atoms with Gasteiger partial charge in [-0.15, -0.1) is 6.58 Å². The number of hydrogen-bond acceptors (Lipinski definition) is 0. The smallest absolute Gasteiger partial charge is 0.166 e. The zero-order valence-corrected chi connectivity index (χ0v) is 7.81. The van der Waals surface area contributed by atoms with Crippen LogP contribution < -0.4 is 0 Å². The normalized spacial score (nSPS) is 13.7. The zero-order valence-electron chi connectivity index (χ0n) is 7.81. The average molecular weight is 200 g/mol. The van der Waals surface area contributed by atoms with Crippen LogP contribution in [0.4, 0.5) is 13.2 Å². The van der Waals surface area contributed by atoms with Crippen LogP contribution in [0, 0.1) is 0 Å². The predicted molar refractivity (Wildman–Crippen MR) is 50.1 cm³/mol. The first-order valence-corrected chi connectivity index (χ1v) is 4.25. The molecule has 3 heteroatoms. The van der Waals surface area contributed by atoms with Crippen LogP contribution >= 0.6 is 0 Å². The number of benzene rings is 1. The lowest BCUT2D eigenvalue weighted by molar-refractivity contribution is -0.137. The van der Waals surface area contributed by atoms with E-state index in [1.807, 2.05) is 6.92 Å². The quantitative estimate of drug-likeness (QED) is 0.633. The second-order valence-electron chi connectivity index (χ2n) is 3.14. The van der Waals surface area contributed by atoms with E-state index in [-0.39, 0.29) is 5.92 Å². The summed E-state index contributed by atoms with van der Waals surface area (Å²) in [5.74, 6) is 0.0808. The summed E-state index contributed by atoms with van der Waals surface area (Å²) in [7, 11) is 0. The van der Waals surface area contributed by atoms with Crippen LogP contribution in [0.5, 0.6) is 0 Å². The lowest BCUT2D eigenvalue weighted by atomic mass is 10.00. The van der Waals surface area contributed by atoms with E-state index < -0.39 is 11.7 Å². The molecule has 14 heavy (non-hydrogen) atoms. The molecule has 1 atom stereocenters. The lowest BCUT2D eigenvalue weighted by Gasteiger charge is -2.09. The molecule has 0 N–H and O–H groups in total. The Bertz CT molecular complexity index is 308. The number of halogens is 3. The molecule has 0 bridgehead atoms. The van der Waals surface area contributed by atoms with E-state index in [0.717, 1.165) is 17.7 Å². The molecule has 0 spiro atoms. The molecule has 0 heterocycles. The molecule has 0 aliphatic carbocycles. The predicted octanol–water partition coefficient (Wildman–Crippen LogP) is 3.99. The number of rotatable bonds is 2. The Morgan fingerprint density at radius 2 is 1.71 bits per heavy atom. The number of hydrogen-bond donors (Lipinski definition) is 0. The van der Waals surface area contributed by atoms with E-state index in [4.69, 9.17) is 0 Å². The van der Waals surface area contributed by atoms with Gasteiger partial charge in [0.2, 0.25) is 0 Å². The van der Waals surface area contributed by atoms with Crippen LogP contribution in [0.1, 0.15) is 24.0 Å². The van der Waals surface area contributed by atoms with E-state index in [9.17, 15) is 13.2 Å². The van der Waals surface area contributed by atoms with E-state index in [1.165, 1.54) is 12.1 Å². The maximum atomic E-state index is 12.2. The molecule has 1 rings (SSSR count). The summed E-state index contributed by atoms with van der Waals surface area (Å²) in [5.41, 5.74) is 0.227. The molecule has 0 fully saturated rings. The zero-order chi connectivity index (χ0) is 10.8. The molecule has 0 aliphatic heterocycles. The highest BCUT2D eigenvalue weighted by Gasteiger charge is 2.29. The average Bonchev–Trinajstić information content (AvgIpc) is 2.15. The molecule has 0 radical (unpaired) electrons. The summed E-state index contributed by atoms with van der Waals surface area (Å²) in [6.45, 7) is 5.47. The molecule has 0 nitrogen and oxygen atoms in total. The molecular formula is C11H11F3. The maximum absolute atomic E-state index is 12.2. The van der Waals surface area contributed by atoms with Gasteiger partial charge < -0.3 is 0 Å². The van der Waals surface area contributed by atoms with Crippen molar-refractivity contribution in [2.24, 2.45) is 0 Å². The molecule has 1 aromatic carbocycles. The van der Waals surface area contributed by atoms with Gasteiger partial charge in [0.15, 0.2) is 0 Å². The van der Waals surface area contributed by atoms with Crippen molar-refractivity contribution in [3.8, 4) is 0 Å². The third-order valence-corrected chi connectivity index (χ3v) is 2.12. The molecule has 76 valence electrons. The minimum absolute atomic E-state index is 0.0808. The van der Waals surface area contributed by atoms with Crippen molar-refractivity contribution in [2.75, 3.05) is 0 Å². The van der Waals surface area contributed by atoms with Crippen molar-refractivity contribution in [1.82, 2.24) is 0 Å². The lowest BCUT2D eigenvalue weighted by Crippen LogP contribution is -2.04. The van der Waals surface area contributed by atoms with Crippen molar-refractivity contribution in [3.63, 3.8) is 0 Å². The highest BCUT2D eigenvalue weighted by atomic mass is 19.4. The topological polar surface area (TPSA) is 0 Å². The maximum Gasteiger partial charge on any atom is 0.416 e. The Hall–Kier alpha value is -1.25. The van der Waals surface area contributed by atoms with Gasteiger partial charge in [-0.05, 0) is 23.6 Å². The third-order valence-electron chi connectivity index (χ3n) is 2.12. The van der Waals surface area contributed by atoms with Gasteiger partial charge in [0, 0.05) is 0 Å². The Morgan fingerprint density at radius 1 is 1.21 bits per heavy atom. The van der Waals surface area contributed by atoms with Crippen LogP contribution in [0.2, 0.25) is 0 Å². The summed E-state index contributed by atoms with van der Waals surface area (Å²) < 4.78 is 36.5. The Balaban J connectivity index is 2.95. The summed E-state index contributed by atoms with van der Waals surface area (Å²) in [6, 6.07) is 5.15. The number of allylic oxidation sites excluding steroid dienone is 1. The Kier molecular flexibility index (Phi) is 2.99. The fourth-order valence-electron chi connectivity index (χ4n) is 1.11. The first kappa shape index (κ1) is 10.8. The summed E-state index contributed by atoms with van der Waals surface area (Å²) in [5, 5.41) is 0. The van der Waals surface area contributed by atoms with E-state index in [1.54, 1.807) is 6.08 Å². The monoisotopic (exact) mass is 200 g/mol. The van der Waals surface area contributed by atoms with Gasteiger partial charge in [-0.2, -0.15) is 13.2 Å². The number of alkyl halides is 3. The highest BCUT2D eigenvalue weighted by Crippen LogP contribution is 2.30. The minimum atomic E-state index is -4.25. The molecule has 0 saturated heterocycles. The van der Waals surface area contributed by atoms with Gasteiger partial charge in [-0.1, -0.05) is 25.1 Å². The summed E-state index contributed by atoms with van der Waals surface area (Å²) in [6.07, 6.45) is -2.56. The molecule has 0 saturated carbocycles. The van der Waals surface area contributed by atoms with Crippen LogP contribution in [0.25, 0.3) is 0 Å². The standard InChI is InChI=1S/C11H11F3/c1-3-8(2)9-4-6-10(7-5-9)11(12,13)14/h3-8H,1H2,2H3. The van der Waals surface area contributed by atoms with Crippen molar-refractivity contribution >= 4 is 0 Å². The summed E-state index contributed by atoms with van der Waals surface area (Å²) in [4.78, 5) is 0. The molecule has 0 amide bonds. The second kappa shape index (κ2) is 3.86. The third kappa shape index (κ3) is 2.37. The van der Waals surface area contributed by atoms with Crippen molar-refractivity contribution in [3.05, 3.63) is 48.0 Å². The van der Waals surface area contributed by atoms with Crippen LogP contribution in [0.3, 0.4) is 0 Å². The van der Waals surface area contributed by atoms with Gasteiger partial charge in [0.05, 0.1) is 5.56 Å². The first-order chi connectivity index (χ1) is 6.45. The Labute approximate surface area is 81.1 Å². The van der Waals surface area contributed by atoms with Crippen LogP contribution in [0.15, 0.2) is 36.9 Å². The fraction of sp³-hybridized carbons (Fsp3) is 0.273. The van der Waals surface area contributed by atoms with E-state index in [0.29, 0.717) is 0 Å². The second-order valence-corrected chi connectivity index (χ2v) is 3.14. The van der Waals surface area contributed by atoms with Gasteiger partial charge >= 0.3 is 6.18 Å². The SMILES string of the molecule is C=CC(C)c1ccc(C(F)(F)F)cc1. The molecular weight excluding hydrogens is 189 g/mol. The van der Waals surface area contributed by atoms with Gasteiger partial charge in [0.1, 0.15) is 0 Å². The van der Waals surface area contributed by atoms with Crippen LogP contribution in [-0.2, 0) is 6.18 Å². The molecule has 0 aliphatic rings. The Morgan fingerprint density at radius 3 is 2.07 bits per heavy atom. The molecule has 1 aromatic rings. The van der Waals surface area contributed by atoms with Crippen molar-refractivity contribution in [1.29, 1.82) is 0 Å². The fourth-order valence-corrected chi connectivity index (χ4v) is 1.11. The van der Waals surface area contributed by atoms with Gasteiger partial charge in [0.25, 0.3) is 0 Å². The largest absolute Gasteiger partial charge is 0.416 e. The first-order valence-electron chi connectivity index (χ1n) is 4.25. The van der Waals surface area contributed by atoms with Crippen molar-refractivity contribution in [2.45, 2.75) is 19.0 Å². The minimum Gasteiger partial charge on any atom is -0.166 e. The molecule has 0 aromatic heterocycles. The highest BCUT2D eigenvalue weighted by molar-refractivity contribution is 5.28. The van der Waals surface area contributed by atoms with E-state index in [2.05, 4.69) is 6.58 Å². The van der Waals surface area contributed by atoms with E-state index >= 15 is 0 Å². The molecule has 1 unspecified atom stereocenters. The van der Waals surface area contributed by atoms with Crippen molar-refractivity contribution < 1.29 is 13.2 Å². The van der Waals surface area contributed by atoms with Gasteiger partial charge in [-0.25, -0.2) is 0 Å².